The number of thiophene rings is 1. The Morgan fingerprint density at radius 3 is 2.37 bits per heavy atom. The number of halogens is 1. The second kappa shape index (κ2) is 5.92. The molecular formula is C14H21ClN2OS. The van der Waals surface area contributed by atoms with E-state index in [1.165, 1.54) is 11.3 Å². The summed E-state index contributed by atoms with van der Waals surface area (Å²) in [6, 6.07) is 3.61. The van der Waals surface area contributed by atoms with Crippen LogP contribution in [0.4, 0.5) is 0 Å². The molecule has 19 heavy (non-hydrogen) atoms. The fourth-order valence-electron chi connectivity index (χ4n) is 2.32. The van der Waals surface area contributed by atoms with Gasteiger partial charge < -0.3 is 0 Å². The standard InChI is InChI=1S/C14H21ClN2OS/c1-14(2,3)17-8-6-16(7-9-17)10-11(18)12-4-5-13(15)19-12/h4-5H,6-10H2,1-3H3. The number of nitrogens with zero attached hydrogens (tertiary/aromatic N) is 2. The number of hydrogen-bond donors (Lipinski definition) is 0. The van der Waals surface area contributed by atoms with E-state index in [0.29, 0.717) is 10.9 Å². The van der Waals surface area contributed by atoms with Gasteiger partial charge in [0.1, 0.15) is 0 Å². The number of ketones is 1. The minimum Gasteiger partial charge on any atom is -0.296 e. The van der Waals surface area contributed by atoms with Crippen molar-refractivity contribution in [1.29, 1.82) is 0 Å². The Kier molecular flexibility index (Phi) is 4.66. The van der Waals surface area contributed by atoms with E-state index in [2.05, 4.69) is 30.6 Å². The molecule has 1 aliphatic heterocycles. The molecule has 1 fully saturated rings. The number of carbonyl (C=O) groups is 1. The third kappa shape index (κ3) is 4.02. The van der Waals surface area contributed by atoms with Crippen molar-refractivity contribution in [3.8, 4) is 0 Å². The second-order valence-corrected chi connectivity index (χ2v) is 7.68. The first kappa shape index (κ1) is 15.0. The Balaban J connectivity index is 1.84. The smallest absolute Gasteiger partial charge is 0.186 e. The lowest BCUT2D eigenvalue weighted by atomic mass is 10.0. The molecule has 0 aliphatic carbocycles. The van der Waals surface area contributed by atoms with Crippen LogP contribution in [0.1, 0.15) is 30.4 Å². The lowest BCUT2D eigenvalue weighted by molar-refractivity contribution is 0.0580. The highest BCUT2D eigenvalue weighted by Gasteiger charge is 2.26. The van der Waals surface area contributed by atoms with E-state index in [-0.39, 0.29) is 11.3 Å². The molecule has 1 aromatic rings. The van der Waals surface area contributed by atoms with Crippen LogP contribution in [-0.2, 0) is 0 Å². The van der Waals surface area contributed by atoms with Crippen LogP contribution >= 0.6 is 22.9 Å². The molecule has 0 aromatic carbocycles. The van der Waals surface area contributed by atoms with Gasteiger partial charge in [-0.25, -0.2) is 0 Å². The summed E-state index contributed by atoms with van der Waals surface area (Å²) in [6.07, 6.45) is 0. The summed E-state index contributed by atoms with van der Waals surface area (Å²) in [5.74, 6) is 0.182. The predicted octanol–water partition coefficient (Wildman–Crippen LogP) is 3.00. The molecule has 2 rings (SSSR count). The first-order chi connectivity index (χ1) is 8.86. The minimum absolute atomic E-state index is 0.182. The van der Waals surface area contributed by atoms with Crippen molar-refractivity contribution < 1.29 is 4.79 Å². The average Bonchev–Trinajstić information content (AvgIpc) is 2.75. The van der Waals surface area contributed by atoms with Gasteiger partial charge in [-0.05, 0) is 32.9 Å². The van der Waals surface area contributed by atoms with E-state index in [1.807, 2.05) is 6.07 Å². The highest BCUT2D eigenvalue weighted by atomic mass is 35.5. The van der Waals surface area contributed by atoms with Crippen LogP contribution in [0.2, 0.25) is 4.34 Å². The molecule has 0 atom stereocenters. The summed E-state index contributed by atoms with van der Waals surface area (Å²) in [6.45, 7) is 11.2. The maximum Gasteiger partial charge on any atom is 0.186 e. The van der Waals surface area contributed by atoms with Gasteiger partial charge in [-0.3, -0.25) is 14.6 Å². The molecule has 0 radical (unpaired) electrons. The van der Waals surface area contributed by atoms with E-state index < -0.39 is 0 Å². The van der Waals surface area contributed by atoms with Gasteiger partial charge in [0.15, 0.2) is 5.78 Å². The Morgan fingerprint density at radius 2 is 1.89 bits per heavy atom. The molecule has 0 bridgehead atoms. The minimum atomic E-state index is 0.182. The Hall–Kier alpha value is -0.420. The normalized spacial score (nSPS) is 18.7. The van der Waals surface area contributed by atoms with Crippen molar-refractivity contribution in [3.05, 3.63) is 21.3 Å². The van der Waals surface area contributed by atoms with Crippen molar-refractivity contribution in [1.82, 2.24) is 9.80 Å². The van der Waals surface area contributed by atoms with Gasteiger partial charge >= 0.3 is 0 Å². The SMILES string of the molecule is CC(C)(C)N1CCN(CC(=O)c2ccc(Cl)s2)CC1. The Bertz CT molecular complexity index is 445. The molecule has 5 heteroatoms. The maximum atomic E-state index is 12.1. The summed E-state index contributed by atoms with van der Waals surface area (Å²) in [4.78, 5) is 17.6. The molecule has 0 amide bonds. The summed E-state index contributed by atoms with van der Waals surface area (Å²) in [7, 11) is 0. The first-order valence-corrected chi connectivity index (χ1v) is 7.81. The lowest BCUT2D eigenvalue weighted by Gasteiger charge is -2.42. The number of hydrogen-bond acceptors (Lipinski definition) is 4. The van der Waals surface area contributed by atoms with Gasteiger partial charge in [0.2, 0.25) is 0 Å². The molecule has 0 spiro atoms. The van der Waals surface area contributed by atoms with Crippen LogP contribution in [0.15, 0.2) is 12.1 Å². The fourth-order valence-corrected chi connectivity index (χ4v) is 3.29. The van der Waals surface area contributed by atoms with E-state index in [4.69, 9.17) is 11.6 Å². The third-order valence-electron chi connectivity index (χ3n) is 3.54. The van der Waals surface area contributed by atoms with E-state index in [9.17, 15) is 4.79 Å². The van der Waals surface area contributed by atoms with Crippen LogP contribution in [-0.4, -0.2) is 53.8 Å². The largest absolute Gasteiger partial charge is 0.296 e. The van der Waals surface area contributed by atoms with Crippen LogP contribution in [0, 0.1) is 0 Å². The Labute approximate surface area is 124 Å². The van der Waals surface area contributed by atoms with Crippen molar-refractivity contribution in [2.75, 3.05) is 32.7 Å². The maximum absolute atomic E-state index is 12.1. The van der Waals surface area contributed by atoms with Crippen LogP contribution in [0.25, 0.3) is 0 Å². The zero-order valence-electron chi connectivity index (χ0n) is 11.8. The number of piperazine rings is 1. The van der Waals surface area contributed by atoms with Crippen molar-refractivity contribution >= 4 is 28.7 Å². The fraction of sp³-hybridized carbons (Fsp3) is 0.643. The summed E-state index contributed by atoms with van der Waals surface area (Å²) in [5.41, 5.74) is 0.220. The molecule has 1 aliphatic rings. The predicted molar refractivity (Wildman–Crippen MR) is 81.4 cm³/mol. The second-order valence-electron chi connectivity index (χ2n) is 5.96. The van der Waals surface area contributed by atoms with Gasteiger partial charge in [0.25, 0.3) is 0 Å². The number of rotatable bonds is 3. The Morgan fingerprint density at radius 1 is 1.26 bits per heavy atom. The van der Waals surface area contributed by atoms with Gasteiger partial charge in [-0.2, -0.15) is 0 Å². The van der Waals surface area contributed by atoms with Gasteiger partial charge in [0.05, 0.1) is 15.8 Å². The van der Waals surface area contributed by atoms with Gasteiger partial charge in [-0.15, -0.1) is 11.3 Å². The van der Waals surface area contributed by atoms with Gasteiger partial charge in [-0.1, -0.05) is 11.6 Å². The van der Waals surface area contributed by atoms with Crippen molar-refractivity contribution in [2.24, 2.45) is 0 Å². The lowest BCUT2D eigenvalue weighted by Crippen LogP contribution is -2.54. The van der Waals surface area contributed by atoms with Crippen molar-refractivity contribution in [3.63, 3.8) is 0 Å². The average molecular weight is 301 g/mol. The molecule has 1 aromatic heterocycles. The van der Waals surface area contributed by atoms with Crippen LogP contribution in [0.5, 0.6) is 0 Å². The van der Waals surface area contributed by atoms with E-state index in [0.717, 1.165) is 31.1 Å². The quantitative estimate of drug-likeness (QED) is 0.802. The molecule has 106 valence electrons. The van der Waals surface area contributed by atoms with Crippen LogP contribution < -0.4 is 0 Å². The van der Waals surface area contributed by atoms with E-state index in [1.54, 1.807) is 6.07 Å². The third-order valence-corrected chi connectivity index (χ3v) is 4.81. The van der Waals surface area contributed by atoms with Crippen molar-refractivity contribution in [2.45, 2.75) is 26.3 Å². The summed E-state index contributed by atoms with van der Waals surface area (Å²) < 4.78 is 0.681. The van der Waals surface area contributed by atoms with E-state index >= 15 is 0 Å². The molecule has 2 heterocycles. The molecule has 1 saturated heterocycles. The molecule has 0 N–H and O–H groups in total. The zero-order chi connectivity index (χ0) is 14.0. The first-order valence-electron chi connectivity index (χ1n) is 6.62. The monoisotopic (exact) mass is 300 g/mol. The molecule has 0 unspecified atom stereocenters. The molecular weight excluding hydrogens is 280 g/mol. The number of carbonyl (C=O) groups excluding carboxylic acids is 1. The number of Topliss-reactive ketones (excluding diaryl/α,β-unsaturated/α-hetero) is 1. The highest BCUT2D eigenvalue weighted by molar-refractivity contribution is 7.18. The topological polar surface area (TPSA) is 23.6 Å². The highest BCUT2D eigenvalue weighted by Crippen LogP contribution is 2.22. The zero-order valence-corrected chi connectivity index (χ0v) is 13.4. The molecule has 3 nitrogen and oxygen atoms in total. The summed E-state index contributed by atoms with van der Waals surface area (Å²) >= 11 is 7.23. The van der Waals surface area contributed by atoms with Crippen LogP contribution in [0.3, 0.4) is 0 Å². The molecule has 0 saturated carbocycles. The summed E-state index contributed by atoms with van der Waals surface area (Å²) in [5, 5.41) is 0. The van der Waals surface area contributed by atoms with Gasteiger partial charge in [0, 0.05) is 31.7 Å².